The van der Waals surface area contributed by atoms with Gasteiger partial charge in [-0.25, -0.2) is 13.2 Å². The van der Waals surface area contributed by atoms with Crippen LogP contribution in [0.2, 0.25) is 0 Å². The molecule has 0 radical (unpaired) electrons. The Morgan fingerprint density at radius 2 is 1.74 bits per heavy atom. The highest BCUT2D eigenvalue weighted by Crippen LogP contribution is 2.47. The number of ether oxygens (including phenoxy) is 1. The fourth-order valence-corrected chi connectivity index (χ4v) is 6.49. The van der Waals surface area contributed by atoms with E-state index in [0.29, 0.717) is 11.1 Å². The molecule has 2 aliphatic heterocycles. The summed E-state index contributed by atoms with van der Waals surface area (Å²) in [6.45, 7) is 0.849. The second-order valence-corrected chi connectivity index (χ2v) is 10.3. The number of hydrogen-bond donors (Lipinski definition) is 0. The van der Waals surface area contributed by atoms with E-state index in [0.717, 1.165) is 4.90 Å². The first-order valence-corrected chi connectivity index (χ1v) is 11.2. The normalized spacial score (nSPS) is 26.0. The molecule has 0 aromatic heterocycles. The molecular formula is C21H20N4O5S. The van der Waals surface area contributed by atoms with Crippen LogP contribution in [0.25, 0.3) is 10.4 Å². The average Bonchev–Trinajstić information content (AvgIpc) is 2.92. The molecule has 0 saturated carbocycles. The number of benzene rings is 2. The molecule has 0 N–H and O–H groups in total. The maximum absolute atomic E-state index is 13.4. The maximum Gasteiger partial charge on any atom is 0.331 e. The Morgan fingerprint density at radius 3 is 2.23 bits per heavy atom. The molecule has 0 aliphatic carbocycles. The molecular weight excluding hydrogens is 420 g/mol. The van der Waals surface area contributed by atoms with Crippen molar-refractivity contribution in [1.29, 1.82) is 0 Å². The average molecular weight is 440 g/mol. The Balaban J connectivity index is 1.74. The summed E-state index contributed by atoms with van der Waals surface area (Å²) in [5.74, 6) is -1.30. The number of carbonyl (C=O) groups is 2. The second kappa shape index (κ2) is 7.72. The Kier molecular flexibility index (Phi) is 5.20. The monoisotopic (exact) mass is 440 g/mol. The van der Waals surface area contributed by atoms with Gasteiger partial charge in [0.15, 0.2) is 22.0 Å². The number of rotatable bonds is 6. The van der Waals surface area contributed by atoms with E-state index in [2.05, 4.69) is 10.0 Å². The number of β-lactam (4-membered cyclic amide) rings is 1. The van der Waals surface area contributed by atoms with Crippen molar-refractivity contribution in [2.75, 3.05) is 6.54 Å². The molecule has 9 nitrogen and oxygen atoms in total. The molecule has 2 heterocycles. The minimum atomic E-state index is -3.95. The van der Waals surface area contributed by atoms with Gasteiger partial charge in [-0.2, -0.15) is 0 Å². The minimum absolute atomic E-state index is 0.196. The second-order valence-electron chi connectivity index (χ2n) is 7.75. The minimum Gasteiger partial charge on any atom is -0.451 e. The van der Waals surface area contributed by atoms with Crippen molar-refractivity contribution < 1.29 is 22.7 Å². The van der Waals surface area contributed by atoms with Crippen LogP contribution in [0.3, 0.4) is 0 Å². The molecule has 2 aromatic rings. The molecule has 31 heavy (non-hydrogen) atoms. The van der Waals surface area contributed by atoms with Crippen LogP contribution in [0.5, 0.6) is 0 Å². The van der Waals surface area contributed by atoms with Crippen LogP contribution in [-0.4, -0.2) is 47.9 Å². The summed E-state index contributed by atoms with van der Waals surface area (Å²) in [4.78, 5) is 29.3. The number of sulfone groups is 1. The third-order valence-corrected chi connectivity index (χ3v) is 8.68. The highest BCUT2D eigenvalue weighted by atomic mass is 32.2. The van der Waals surface area contributed by atoms with Crippen LogP contribution in [0, 0.1) is 0 Å². The number of azide groups is 1. The van der Waals surface area contributed by atoms with E-state index >= 15 is 0 Å². The molecule has 2 aromatic carbocycles. The van der Waals surface area contributed by atoms with Gasteiger partial charge in [0.05, 0.1) is 6.42 Å². The summed E-state index contributed by atoms with van der Waals surface area (Å²) >= 11 is 0. The summed E-state index contributed by atoms with van der Waals surface area (Å²) in [5, 5.41) is 2.32. The van der Waals surface area contributed by atoms with Gasteiger partial charge in [-0.3, -0.25) is 4.79 Å². The molecule has 0 spiro atoms. The summed E-state index contributed by atoms with van der Waals surface area (Å²) in [5.41, 5.74) is 10.1. The van der Waals surface area contributed by atoms with E-state index < -0.39 is 50.5 Å². The highest BCUT2D eigenvalue weighted by Gasteiger charge is 2.70. The largest absolute Gasteiger partial charge is 0.451 e. The Hall–Kier alpha value is -3.36. The van der Waals surface area contributed by atoms with Crippen LogP contribution < -0.4 is 0 Å². The standard InChI is InChI=1S/C21H20N4O5S/c1-21(13-23-24-22)19(25-16(26)12-17(25)31(21,28)29)20(27)30-18(14-8-4-2-5-9-14)15-10-6-3-7-11-15/h2-11,17-19H,12-13H2,1H3/t17-,19+,21+/m1/s1. The zero-order valence-corrected chi connectivity index (χ0v) is 17.5. The highest BCUT2D eigenvalue weighted by molar-refractivity contribution is 7.94. The van der Waals surface area contributed by atoms with Crippen LogP contribution in [-0.2, 0) is 24.2 Å². The summed E-state index contributed by atoms with van der Waals surface area (Å²) in [6.07, 6.45) is -0.990. The van der Waals surface area contributed by atoms with Gasteiger partial charge in [0, 0.05) is 11.5 Å². The van der Waals surface area contributed by atoms with E-state index in [-0.39, 0.29) is 6.42 Å². The van der Waals surface area contributed by atoms with Crippen molar-refractivity contribution in [2.45, 2.75) is 35.6 Å². The lowest BCUT2D eigenvalue weighted by Gasteiger charge is -2.37. The topological polar surface area (TPSA) is 130 Å². The first kappa shape index (κ1) is 20.9. The predicted molar refractivity (Wildman–Crippen MR) is 111 cm³/mol. The number of hydrogen-bond acceptors (Lipinski definition) is 6. The van der Waals surface area contributed by atoms with Crippen LogP contribution in [0.1, 0.15) is 30.6 Å². The van der Waals surface area contributed by atoms with Gasteiger partial charge in [0.1, 0.15) is 10.1 Å². The lowest BCUT2D eigenvalue weighted by Crippen LogP contribution is -2.58. The molecule has 1 amide bonds. The fourth-order valence-electron chi connectivity index (χ4n) is 4.21. The fraction of sp³-hybridized carbons (Fsp3) is 0.333. The van der Waals surface area contributed by atoms with Gasteiger partial charge in [0.25, 0.3) is 0 Å². The molecule has 160 valence electrons. The van der Waals surface area contributed by atoms with Crippen molar-refractivity contribution in [1.82, 2.24) is 4.90 Å². The molecule has 4 rings (SSSR count). The number of esters is 1. The lowest BCUT2D eigenvalue weighted by atomic mass is 9.96. The SMILES string of the molecule is C[C@]1(CN=[N+]=[N-])[C@H](C(=O)OC(c2ccccc2)c2ccccc2)N2C(=O)C[C@H]2S1(=O)=O. The lowest BCUT2D eigenvalue weighted by molar-refractivity contribution is -0.164. The summed E-state index contributed by atoms with van der Waals surface area (Å²) < 4.78 is 30.2. The first-order chi connectivity index (χ1) is 14.8. The van der Waals surface area contributed by atoms with Gasteiger partial charge < -0.3 is 9.64 Å². The third-order valence-electron chi connectivity index (χ3n) is 5.92. The van der Waals surface area contributed by atoms with Gasteiger partial charge in [0.2, 0.25) is 5.91 Å². The maximum atomic E-state index is 13.4. The van der Waals surface area contributed by atoms with Crippen LogP contribution in [0.4, 0.5) is 0 Å². The molecule has 0 unspecified atom stereocenters. The van der Waals surface area contributed by atoms with E-state index in [1.165, 1.54) is 6.92 Å². The van der Waals surface area contributed by atoms with Crippen LogP contribution >= 0.6 is 0 Å². The molecule has 2 saturated heterocycles. The van der Waals surface area contributed by atoms with E-state index in [1.54, 1.807) is 48.5 Å². The summed E-state index contributed by atoms with van der Waals surface area (Å²) in [6, 6.07) is 16.7. The first-order valence-electron chi connectivity index (χ1n) is 9.67. The number of fused-ring (bicyclic) bond motifs is 1. The summed E-state index contributed by atoms with van der Waals surface area (Å²) in [7, 11) is -3.95. The van der Waals surface area contributed by atoms with Crippen molar-refractivity contribution in [3.63, 3.8) is 0 Å². The number of nitrogens with zero attached hydrogens (tertiary/aromatic N) is 4. The Bertz CT molecular complexity index is 1130. The smallest absolute Gasteiger partial charge is 0.331 e. The molecule has 0 bridgehead atoms. The number of carbonyl (C=O) groups excluding carboxylic acids is 2. The zero-order valence-electron chi connectivity index (χ0n) is 16.7. The molecule has 2 aliphatic rings. The van der Waals surface area contributed by atoms with Crippen molar-refractivity contribution in [2.24, 2.45) is 5.11 Å². The Labute approximate surface area is 179 Å². The molecule has 3 atom stereocenters. The molecule has 10 heteroatoms. The Morgan fingerprint density at radius 1 is 1.19 bits per heavy atom. The van der Waals surface area contributed by atoms with Gasteiger partial charge >= 0.3 is 5.97 Å². The van der Waals surface area contributed by atoms with Gasteiger partial charge in [-0.15, -0.1) is 0 Å². The number of amides is 1. The van der Waals surface area contributed by atoms with Crippen molar-refractivity contribution in [3.05, 3.63) is 82.2 Å². The van der Waals surface area contributed by atoms with Crippen molar-refractivity contribution >= 4 is 21.7 Å². The van der Waals surface area contributed by atoms with E-state index in [4.69, 9.17) is 10.3 Å². The zero-order chi connectivity index (χ0) is 22.2. The molecule has 2 fully saturated rings. The van der Waals surface area contributed by atoms with Gasteiger partial charge in [-0.05, 0) is 23.6 Å². The van der Waals surface area contributed by atoms with E-state index in [9.17, 15) is 18.0 Å². The van der Waals surface area contributed by atoms with E-state index in [1.807, 2.05) is 12.1 Å². The van der Waals surface area contributed by atoms with Crippen LogP contribution in [0.15, 0.2) is 65.8 Å². The quantitative estimate of drug-likeness (QED) is 0.224. The van der Waals surface area contributed by atoms with Crippen molar-refractivity contribution in [3.8, 4) is 0 Å². The third kappa shape index (κ3) is 3.24. The predicted octanol–water partition coefficient (Wildman–Crippen LogP) is 2.74. The van der Waals surface area contributed by atoms with Gasteiger partial charge in [-0.1, -0.05) is 65.8 Å².